The molecular formula is C15H20O4. The summed E-state index contributed by atoms with van der Waals surface area (Å²) in [6, 6.07) is 0. The maximum Gasteiger partial charge on any atom is 0.323 e. The first kappa shape index (κ1) is 15.3. The van der Waals surface area contributed by atoms with Gasteiger partial charge in [-0.2, -0.15) is 0 Å². The van der Waals surface area contributed by atoms with Gasteiger partial charge in [-0.3, -0.25) is 9.59 Å². The van der Waals surface area contributed by atoms with Gasteiger partial charge in [-0.1, -0.05) is 12.2 Å². The number of ether oxygens (including phenoxy) is 2. The molecule has 0 bridgehead atoms. The maximum atomic E-state index is 12.2. The largest absolute Gasteiger partial charge is 0.468 e. The molecule has 0 saturated carbocycles. The number of hydrogen-bond donors (Lipinski definition) is 0. The molecule has 1 unspecified atom stereocenters. The third-order valence-electron chi connectivity index (χ3n) is 3.65. The third-order valence-corrected chi connectivity index (χ3v) is 3.65. The number of hydrogen-bond acceptors (Lipinski definition) is 4. The van der Waals surface area contributed by atoms with Crippen molar-refractivity contribution in [2.24, 2.45) is 11.3 Å². The molecule has 0 heterocycles. The number of rotatable bonds is 5. The minimum atomic E-state index is -1.31. The van der Waals surface area contributed by atoms with Crippen molar-refractivity contribution in [2.45, 2.75) is 32.1 Å². The Hall–Kier alpha value is -1.76. The molecule has 19 heavy (non-hydrogen) atoms. The number of carbonyl (C=O) groups is 2. The summed E-state index contributed by atoms with van der Waals surface area (Å²) in [6.07, 6.45) is 12.4. The van der Waals surface area contributed by atoms with Crippen molar-refractivity contribution < 1.29 is 19.1 Å². The molecule has 0 N–H and O–H groups in total. The van der Waals surface area contributed by atoms with Crippen molar-refractivity contribution >= 4 is 11.9 Å². The number of allylic oxidation sites excluding steroid dienone is 2. The lowest BCUT2D eigenvalue weighted by Gasteiger charge is -2.35. The van der Waals surface area contributed by atoms with E-state index in [2.05, 4.69) is 5.92 Å². The lowest BCUT2D eigenvalue weighted by atomic mass is 9.68. The molecule has 0 saturated heterocycles. The third kappa shape index (κ3) is 2.98. The van der Waals surface area contributed by atoms with E-state index in [0.717, 1.165) is 19.3 Å². The Balaban J connectivity index is 3.20. The highest BCUT2D eigenvalue weighted by Gasteiger charge is 2.53. The maximum absolute atomic E-state index is 12.2. The van der Waals surface area contributed by atoms with Crippen LogP contribution < -0.4 is 0 Å². The molecule has 104 valence electrons. The van der Waals surface area contributed by atoms with Gasteiger partial charge >= 0.3 is 11.9 Å². The summed E-state index contributed by atoms with van der Waals surface area (Å²) in [6.45, 7) is 0. The van der Waals surface area contributed by atoms with Crippen LogP contribution in [-0.4, -0.2) is 26.2 Å². The minimum Gasteiger partial charge on any atom is -0.468 e. The van der Waals surface area contributed by atoms with Gasteiger partial charge in [0.05, 0.1) is 14.2 Å². The number of esters is 2. The molecule has 0 aromatic carbocycles. The van der Waals surface area contributed by atoms with E-state index in [0.29, 0.717) is 6.42 Å². The van der Waals surface area contributed by atoms with Crippen molar-refractivity contribution in [2.75, 3.05) is 14.2 Å². The van der Waals surface area contributed by atoms with Gasteiger partial charge in [-0.15, -0.1) is 12.3 Å². The van der Waals surface area contributed by atoms with Crippen LogP contribution in [0.25, 0.3) is 0 Å². The molecule has 0 aromatic heterocycles. The van der Waals surface area contributed by atoms with Gasteiger partial charge in [-0.25, -0.2) is 0 Å². The van der Waals surface area contributed by atoms with Crippen LogP contribution in [0.5, 0.6) is 0 Å². The molecule has 0 amide bonds. The molecule has 4 heteroatoms. The molecule has 0 aromatic rings. The Bertz CT molecular complexity index is 387. The fourth-order valence-electron chi connectivity index (χ4n) is 2.63. The zero-order valence-corrected chi connectivity index (χ0v) is 11.5. The highest BCUT2D eigenvalue weighted by atomic mass is 16.5. The molecule has 1 aliphatic rings. The Morgan fingerprint density at radius 1 is 1.37 bits per heavy atom. The van der Waals surface area contributed by atoms with Gasteiger partial charge in [0.25, 0.3) is 0 Å². The first-order valence-electron chi connectivity index (χ1n) is 6.40. The normalized spacial score (nSPS) is 18.5. The van der Waals surface area contributed by atoms with E-state index < -0.39 is 17.4 Å². The number of methoxy groups -OCH3 is 2. The van der Waals surface area contributed by atoms with Crippen LogP contribution >= 0.6 is 0 Å². The molecule has 0 fully saturated rings. The van der Waals surface area contributed by atoms with Gasteiger partial charge < -0.3 is 9.47 Å². The first-order chi connectivity index (χ1) is 9.13. The zero-order valence-electron chi connectivity index (χ0n) is 11.5. The van der Waals surface area contributed by atoms with Crippen LogP contribution in [0, 0.1) is 23.7 Å². The summed E-state index contributed by atoms with van der Waals surface area (Å²) < 4.78 is 9.69. The van der Waals surface area contributed by atoms with Crippen molar-refractivity contribution in [1.82, 2.24) is 0 Å². The van der Waals surface area contributed by atoms with E-state index in [4.69, 9.17) is 15.9 Å². The van der Waals surface area contributed by atoms with E-state index in [1.807, 2.05) is 12.2 Å². The van der Waals surface area contributed by atoms with Crippen molar-refractivity contribution in [3.63, 3.8) is 0 Å². The molecule has 0 aliphatic heterocycles. The van der Waals surface area contributed by atoms with Crippen LogP contribution in [0.2, 0.25) is 0 Å². The van der Waals surface area contributed by atoms with E-state index >= 15 is 0 Å². The van der Waals surface area contributed by atoms with Gasteiger partial charge in [0.15, 0.2) is 5.41 Å². The highest BCUT2D eigenvalue weighted by molar-refractivity contribution is 6.00. The minimum absolute atomic E-state index is 0.213. The second kappa shape index (κ2) is 6.98. The molecule has 4 nitrogen and oxygen atoms in total. The smallest absolute Gasteiger partial charge is 0.323 e. The van der Waals surface area contributed by atoms with Crippen molar-refractivity contribution in [1.29, 1.82) is 0 Å². The zero-order chi connectivity index (χ0) is 14.3. The summed E-state index contributed by atoms with van der Waals surface area (Å²) in [5.41, 5.74) is -1.31. The highest BCUT2D eigenvalue weighted by Crippen LogP contribution is 2.41. The summed E-state index contributed by atoms with van der Waals surface area (Å²) >= 11 is 0. The van der Waals surface area contributed by atoms with Gasteiger partial charge in [0, 0.05) is 12.3 Å². The monoisotopic (exact) mass is 264 g/mol. The number of carbonyl (C=O) groups excluding carboxylic acids is 2. The van der Waals surface area contributed by atoms with Gasteiger partial charge in [0.1, 0.15) is 0 Å². The fourth-order valence-corrected chi connectivity index (χ4v) is 2.63. The Morgan fingerprint density at radius 2 is 2.00 bits per heavy atom. The van der Waals surface area contributed by atoms with E-state index in [1.54, 1.807) is 0 Å². The quantitative estimate of drug-likeness (QED) is 0.330. The lowest BCUT2D eigenvalue weighted by molar-refractivity contribution is -0.173. The topological polar surface area (TPSA) is 52.6 Å². The van der Waals surface area contributed by atoms with E-state index in [9.17, 15) is 9.59 Å². The fraction of sp³-hybridized carbons (Fsp3) is 0.600. The predicted molar refractivity (Wildman–Crippen MR) is 71.0 cm³/mol. The summed E-state index contributed by atoms with van der Waals surface area (Å²) in [7, 11) is 2.56. The molecule has 1 rings (SSSR count). The second-order valence-electron chi connectivity index (χ2n) is 4.62. The average molecular weight is 264 g/mol. The molecular weight excluding hydrogens is 244 g/mol. The second-order valence-corrected chi connectivity index (χ2v) is 4.62. The van der Waals surface area contributed by atoms with Gasteiger partial charge in [-0.05, 0) is 25.7 Å². The standard InChI is InChI=1S/C15H20O4/c1-4-5-11-15(13(16)18-2,14(17)19-3)12-9-7-6-8-10-12/h1,7,9,12H,5-6,8,10-11H2,2-3H3. The molecule has 1 atom stereocenters. The van der Waals surface area contributed by atoms with Crippen LogP contribution in [0.15, 0.2) is 12.2 Å². The van der Waals surface area contributed by atoms with Crippen LogP contribution in [0.4, 0.5) is 0 Å². The van der Waals surface area contributed by atoms with Gasteiger partial charge in [0.2, 0.25) is 0 Å². The molecule has 0 radical (unpaired) electrons. The first-order valence-corrected chi connectivity index (χ1v) is 6.40. The van der Waals surface area contributed by atoms with Crippen molar-refractivity contribution in [3.05, 3.63) is 12.2 Å². The van der Waals surface area contributed by atoms with Crippen molar-refractivity contribution in [3.8, 4) is 12.3 Å². The number of terminal acetylenes is 1. The Morgan fingerprint density at radius 3 is 2.42 bits per heavy atom. The molecule has 1 aliphatic carbocycles. The van der Waals surface area contributed by atoms with Crippen LogP contribution in [-0.2, 0) is 19.1 Å². The summed E-state index contributed by atoms with van der Waals surface area (Å²) in [5, 5.41) is 0. The average Bonchev–Trinajstić information content (AvgIpc) is 2.48. The summed E-state index contributed by atoms with van der Waals surface area (Å²) in [5.74, 6) is 1.14. The Labute approximate surface area is 114 Å². The van der Waals surface area contributed by atoms with E-state index in [1.165, 1.54) is 14.2 Å². The predicted octanol–water partition coefficient (Wildman–Crippen LogP) is 2.09. The Kier molecular flexibility index (Phi) is 5.62. The summed E-state index contributed by atoms with van der Waals surface area (Å²) in [4.78, 5) is 24.4. The lowest BCUT2D eigenvalue weighted by Crippen LogP contribution is -2.47. The van der Waals surface area contributed by atoms with E-state index in [-0.39, 0.29) is 12.3 Å². The van der Waals surface area contributed by atoms with Crippen LogP contribution in [0.3, 0.4) is 0 Å². The van der Waals surface area contributed by atoms with Crippen LogP contribution in [0.1, 0.15) is 32.1 Å². The SMILES string of the molecule is C#CCCC(C(=O)OC)(C(=O)OC)C1C=CCCC1. The molecule has 0 spiro atoms.